The molecule has 1 aromatic carbocycles. The predicted octanol–water partition coefficient (Wildman–Crippen LogP) is 3.89. The molecule has 2 aromatic heterocycles. The predicted molar refractivity (Wildman–Crippen MR) is 113 cm³/mol. The van der Waals surface area contributed by atoms with Crippen molar-refractivity contribution in [1.82, 2.24) is 20.2 Å². The molecule has 0 radical (unpaired) electrons. The van der Waals surface area contributed by atoms with Crippen molar-refractivity contribution < 1.29 is 14.0 Å². The van der Waals surface area contributed by atoms with Gasteiger partial charge < -0.3 is 15.2 Å². The van der Waals surface area contributed by atoms with Gasteiger partial charge in [-0.25, -0.2) is 4.39 Å². The summed E-state index contributed by atoms with van der Waals surface area (Å²) in [7, 11) is 1.72. The Labute approximate surface area is 174 Å². The molecule has 7 heteroatoms. The van der Waals surface area contributed by atoms with Crippen LogP contribution in [0.1, 0.15) is 43.0 Å². The van der Waals surface area contributed by atoms with Crippen molar-refractivity contribution in [3.05, 3.63) is 54.1 Å². The number of nitrogens with zero attached hydrogens (tertiary/aromatic N) is 2. The number of halogens is 1. The molecule has 4 rings (SSSR count). The molecule has 3 aromatic rings. The average molecular weight is 408 g/mol. The number of hydrogen-bond donors (Lipinski definition) is 2. The number of H-pyrrole nitrogens is 1. The van der Waals surface area contributed by atoms with Crippen LogP contribution < -0.4 is 5.32 Å². The summed E-state index contributed by atoms with van der Waals surface area (Å²) < 4.78 is 14.8. The lowest BCUT2D eigenvalue weighted by Crippen LogP contribution is -2.38. The van der Waals surface area contributed by atoms with E-state index in [1.807, 2.05) is 31.3 Å². The fraction of sp³-hybridized carbons (Fsp3) is 0.348. The van der Waals surface area contributed by atoms with Crippen LogP contribution in [0.3, 0.4) is 0 Å². The van der Waals surface area contributed by atoms with Crippen molar-refractivity contribution >= 4 is 22.7 Å². The molecule has 1 unspecified atom stereocenters. The third kappa shape index (κ3) is 3.92. The SMILES string of the molecule is CCC(=O)NC1CC[C@@H](N(C)C(=O)c2cnc(-c3ccc4[nH]ccc4c3)c(F)c2)C1. The van der Waals surface area contributed by atoms with Crippen LogP contribution in [0.15, 0.2) is 42.7 Å². The van der Waals surface area contributed by atoms with E-state index in [1.54, 1.807) is 18.0 Å². The van der Waals surface area contributed by atoms with Crippen molar-refractivity contribution in [3.63, 3.8) is 0 Å². The first kappa shape index (κ1) is 20.1. The zero-order chi connectivity index (χ0) is 21.3. The zero-order valence-electron chi connectivity index (χ0n) is 17.1. The van der Waals surface area contributed by atoms with Gasteiger partial charge in [-0.1, -0.05) is 13.0 Å². The molecule has 156 valence electrons. The quantitative estimate of drug-likeness (QED) is 0.672. The molecule has 30 heavy (non-hydrogen) atoms. The van der Waals surface area contributed by atoms with Gasteiger partial charge in [-0.15, -0.1) is 0 Å². The van der Waals surface area contributed by atoms with Gasteiger partial charge in [0.2, 0.25) is 5.91 Å². The molecule has 0 aliphatic heterocycles. The Morgan fingerprint density at radius 1 is 1.27 bits per heavy atom. The van der Waals surface area contributed by atoms with E-state index in [0.29, 0.717) is 18.4 Å². The smallest absolute Gasteiger partial charge is 0.255 e. The molecular weight excluding hydrogens is 383 g/mol. The number of carbonyl (C=O) groups excluding carboxylic acids is 2. The third-order valence-corrected chi connectivity index (χ3v) is 5.87. The van der Waals surface area contributed by atoms with Gasteiger partial charge in [0, 0.05) is 54.4 Å². The van der Waals surface area contributed by atoms with E-state index < -0.39 is 5.82 Å². The molecule has 1 fully saturated rings. The van der Waals surface area contributed by atoms with Crippen molar-refractivity contribution in [2.45, 2.75) is 44.7 Å². The normalized spacial score (nSPS) is 18.5. The Balaban J connectivity index is 1.48. The number of rotatable bonds is 5. The highest BCUT2D eigenvalue weighted by Gasteiger charge is 2.31. The standard InChI is InChI=1S/C23H25FN4O2/c1-3-21(29)27-17-5-6-18(12-17)28(2)23(30)16-11-19(24)22(26-13-16)15-4-7-20-14(10-15)8-9-25-20/h4,7-11,13,17-18,25H,3,5-6,12H2,1-2H3,(H,27,29)/t17?,18-/m1/s1. The maximum absolute atomic E-state index is 14.8. The van der Waals surface area contributed by atoms with Crippen LogP contribution in [0.2, 0.25) is 0 Å². The molecule has 0 spiro atoms. The second-order valence-corrected chi connectivity index (χ2v) is 7.84. The summed E-state index contributed by atoms with van der Waals surface area (Å²) in [5, 5.41) is 3.96. The molecule has 0 bridgehead atoms. The number of fused-ring (bicyclic) bond motifs is 1. The van der Waals surface area contributed by atoms with Crippen LogP contribution in [0.5, 0.6) is 0 Å². The van der Waals surface area contributed by atoms with Gasteiger partial charge in [0.25, 0.3) is 5.91 Å². The van der Waals surface area contributed by atoms with Gasteiger partial charge in [-0.3, -0.25) is 14.6 Å². The van der Waals surface area contributed by atoms with Crippen LogP contribution in [-0.4, -0.2) is 45.8 Å². The van der Waals surface area contributed by atoms with Gasteiger partial charge in [0.15, 0.2) is 0 Å². The Kier molecular flexibility index (Phi) is 5.53. The van der Waals surface area contributed by atoms with Gasteiger partial charge in [0.05, 0.1) is 5.56 Å². The number of benzene rings is 1. The summed E-state index contributed by atoms with van der Waals surface area (Å²) in [5.74, 6) is -0.764. The van der Waals surface area contributed by atoms with Gasteiger partial charge in [-0.2, -0.15) is 0 Å². The van der Waals surface area contributed by atoms with Crippen molar-refractivity contribution in [2.75, 3.05) is 7.05 Å². The second-order valence-electron chi connectivity index (χ2n) is 7.84. The summed E-state index contributed by atoms with van der Waals surface area (Å²) in [6.07, 6.45) is 6.06. The van der Waals surface area contributed by atoms with Crippen LogP contribution in [0.4, 0.5) is 4.39 Å². The van der Waals surface area contributed by atoms with Gasteiger partial charge in [-0.05, 0) is 43.5 Å². The average Bonchev–Trinajstić information content (AvgIpc) is 3.41. The summed E-state index contributed by atoms with van der Waals surface area (Å²) in [5.41, 5.74) is 2.08. The van der Waals surface area contributed by atoms with E-state index in [2.05, 4.69) is 15.3 Å². The first-order valence-corrected chi connectivity index (χ1v) is 10.3. The van der Waals surface area contributed by atoms with Gasteiger partial charge in [0.1, 0.15) is 11.5 Å². The van der Waals surface area contributed by atoms with E-state index >= 15 is 0 Å². The Hall–Kier alpha value is -3.22. The Morgan fingerprint density at radius 3 is 2.87 bits per heavy atom. The second kappa shape index (κ2) is 8.26. The van der Waals surface area contributed by atoms with E-state index in [1.165, 1.54) is 12.3 Å². The lowest BCUT2D eigenvalue weighted by atomic mass is 10.1. The van der Waals surface area contributed by atoms with Crippen LogP contribution in [-0.2, 0) is 4.79 Å². The largest absolute Gasteiger partial charge is 0.361 e. The summed E-state index contributed by atoms with van der Waals surface area (Å²) in [4.78, 5) is 33.5. The molecular formula is C23H25FN4O2. The lowest BCUT2D eigenvalue weighted by molar-refractivity contribution is -0.121. The van der Waals surface area contributed by atoms with Crippen molar-refractivity contribution in [3.8, 4) is 11.3 Å². The molecule has 1 saturated carbocycles. The lowest BCUT2D eigenvalue weighted by Gasteiger charge is -2.25. The Bertz CT molecular complexity index is 1090. The maximum atomic E-state index is 14.8. The zero-order valence-corrected chi connectivity index (χ0v) is 17.1. The molecule has 0 saturated heterocycles. The number of aromatic amines is 1. The van der Waals surface area contributed by atoms with E-state index in [-0.39, 0.29) is 35.2 Å². The van der Waals surface area contributed by atoms with E-state index in [0.717, 1.165) is 23.7 Å². The number of aromatic nitrogens is 2. The minimum absolute atomic E-state index is 0.0124. The van der Waals surface area contributed by atoms with Crippen molar-refractivity contribution in [1.29, 1.82) is 0 Å². The summed E-state index contributed by atoms with van der Waals surface area (Å²) in [6.45, 7) is 1.82. The molecule has 1 aliphatic carbocycles. The van der Waals surface area contributed by atoms with E-state index in [9.17, 15) is 14.0 Å². The highest BCUT2D eigenvalue weighted by molar-refractivity contribution is 5.94. The number of pyridine rings is 1. The first-order valence-electron chi connectivity index (χ1n) is 10.3. The monoisotopic (exact) mass is 408 g/mol. The molecule has 2 heterocycles. The first-order chi connectivity index (χ1) is 14.5. The number of carbonyl (C=O) groups is 2. The fourth-order valence-corrected chi connectivity index (χ4v) is 4.11. The highest BCUT2D eigenvalue weighted by atomic mass is 19.1. The highest BCUT2D eigenvalue weighted by Crippen LogP contribution is 2.27. The molecule has 6 nitrogen and oxygen atoms in total. The maximum Gasteiger partial charge on any atom is 0.255 e. The third-order valence-electron chi connectivity index (χ3n) is 5.87. The fourth-order valence-electron chi connectivity index (χ4n) is 4.11. The minimum Gasteiger partial charge on any atom is -0.361 e. The molecule has 2 atom stereocenters. The Morgan fingerprint density at radius 2 is 2.10 bits per heavy atom. The van der Waals surface area contributed by atoms with Crippen LogP contribution in [0, 0.1) is 5.82 Å². The summed E-state index contributed by atoms with van der Waals surface area (Å²) in [6, 6.07) is 8.83. The number of amides is 2. The topological polar surface area (TPSA) is 78.1 Å². The minimum atomic E-state index is -0.524. The van der Waals surface area contributed by atoms with Gasteiger partial charge >= 0.3 is 0 Å². The summed E-state index contributed by atoms with van der Waals surface area (Å²) >= 11 is 0. The molecule has 2 N–H and O–H groups in total. The number of hydrogen-bond acceptors (Lipinski definition) is 3. The van der Waals surface area contributed by atoms with Crippen LogP contribution >= 0.6 is 0 Å². The van der Waals surface area contributed by atoms with Crippen molar-refractivity contribution in [2.24, 2.45) is 0 Å². The molecule has 1 aliphatic rings. The van der Waals surface area contributed by atoms with Crippen LogP contribution in [0.25, 0.3) is 22.2 Å². The number of nitrogens with one attached hydrogen (secondary N) is 2. The molecule has 2 amide bonds. The van der Waals surface area contributed by atoms with E-state index in [4.69, 9.17) is 0 Å².